The van der Waals surface area contributed by atoms with Crippen LogP contribution in [0.2, 0.25) is 0 Å². The van der Waals surface area contributed by atoms with E-state index in [0.29, 0.717) is 5.39 Å². The van der Waals surface area contributed by atoms with Gasteiger partial charge in [-0.3, -0.25) is 4.79 Å². The van der Waals surface area contributed by atoms with Gasteiger partial charge in [-0.25, -0.2) is 4.79 Å². The third-order valence-electron chi connectivity index (χ3n) is 3.24. The molecule has 3 rings (SSSR count). The third kappa shape index (κ3) is 1.58. The van der Waals surface area contributed by atoms with Crippen molar-refractivity contribution in [3.05, 3.63) is 32.4 Å². The second-order valence-electron chi connectivity index (χ2n) is 4.31. The van der Waals surface area contributed by atoms with Crippen LogP contribution >= 0.6 is 11.3 Å². The molecule has 0 fully saturated rings. The van der Waals surface area contributed by atoms with Crippen molar-refractivity contribution in [2.75, 3.05) is 6.61 Å². The highest BCUT2D eigenvalue weighted by molar-refractivity contribution is 7.18. The minimum Gasteiger partial charge on any atom is -0.462 e. The van der Waals surface area contributed by atoms with E-state index in [1.807, 2.05) is 0 Å². The lowest BCUT2D eigenvalue weighted by Gasteiger charge is -2.01. The van der Waals surface area contributed by atoms with E-state index >= 15 is 0 Å². The van der Waals surface area contributed by atoms with Crippen LogP contribution in [0.3, 0.4) is 0 Å². The number of hydrogen-bond acceptors (Lipinski definition) is 4. The highest BCUT2D eigenvalue weighted by Crippen LogP contribution is 2.34. The molecule has 0 aliphatic heterocycles. The van der Waals surface area contributed by atoms with Crippen molar-refractivity contribution in [1.82, 2.24) is 4.98 Å². The molecule has 1 aliphatic carbocycles. The van der Waals surface area contributed by atoms with Crippen LogP contribution < -0.4 is 5.43 Å². The maximum absolute atomic E-state index is 12.4. The van der Waals surface area contributed by atoms with E-state index in [1.165, 1.54) is 11.1 Å². The summed E-state index contributed by atoms with van der Waals surface area (Å²) in [5, 5.41) is 0.693. The predicted molar refractivity (Wildman–Crippen MR) is 70.4 cm³/mol. The zero-order chi connectivity index (χ0) is 12.7. The Bertz CT molecular complexity index is 683. The molecule has 1 aliphatic rings. The summed E-state index contributed by atoms with van der Waals surface area (Å²) >= 11 is 1.63. The maximum atomic E-state index is 12.4. The van der Waals surface area contributed by atoms with Crippen molar-refractivity contribution >= 4 is 27.5 Å². The van der Waals surface area contributed by atoms with E-state index in [0.717, 1.165) is 29.7 Å². The number of nitrogens with one attached hydrogen (secondary N) is 1. The number of pyridine rings is 1. The number of rotatable bonds is 2. The first kappa shape index (κ1) is 11.5. The maximum Gasteiger partial charge on any atom is 0.343 e. The zero-order valence-electron chi connectivity index (χ0n) is 10.0. The van der Waals surface area contributed by atoms with E-state index in [-0.39, 0.29) is 17.6 Å². The Balaban J connectivity index is 2.22. The number of hydrogen-bond donors (Lipinski definition) is 1. The molecular weight excluding hydrogens is 250 g/mol. The molecule has 0 amide bonds. The van der Waals surface area contributed by atoms with Gasteiger partial charge in [0, 0.05) is 11.1 Å². The topological polar surface area (TPSA) is 59.2 Å². The zero-order valence-corrected chi connectivity index (χ0v) is 10.9. The Morgan fingerprint density at radius 3 is 3.11 bits per heavy atom. The second-order valence-corrected chi connectivity index (χ2v) is 5.42. The Labute approximate surface area is 108 Å². The summed E-state index contributed by atoms with van der Waals surface area (Å²) in [4.78, 5) is 29.2. The van der Waals surface area contributed by atoms with Crippen LogP contribution in [0.4, 0.5) is 0 Å². The highest BCUT2D eigenvalue weighted by Gasteiger charge is 2.23. The molecule has 0 spiro atoms. The summed E-state index contributed by atoms with van der Waals surface area (Å²) in [7, 11) is 0. The number of aromatic amines is 1. The van der Waals surface area contributed by atoms with Gasteiger partial charge >= 0.3 is 5.97 Å². The van der Waals surface area contributed by atoms with Crippen LogP contribution in [0.25, 0.3) is 10.2 Å². The number of aryl methyl sites for hydroxylation is 2. The van der Waals surface area contributed by atoms with E-state index in [1.54, 1.807) is 18.3 Å². The van der Waals surface area contributed by atoms with Gasteiger partial charge in [-0.1, -0.05) is 0 Å². The van der Waals surface area contributed by atoms with Gasteiger partial charge in [0.1, 0.15) is 10.4 Å². The number of ether oxygens (including phenoxy) is 1. The third-order valence-corrected chi connectivity index (χ3v) is 4.46. The van der Waals surface area contributed by atoms with Crippen molar-refractivity contribution < 1.29 is 9.53 Å². The molecule has 0 saturated heterocycles. The molecule has 0 atom stereocenters. The first-order chi connectivity index (χ1) is 8.72. The molecule has 0 radical (unpaired) electrons. The van der Waals surface area contributed by atoms with Crippen molar-refractivity contribution in [3.63, 3.8) is 0 Å². The van der Waals surface area contributed by atoms with E-state index in [4.69, 9.17) is 4.74 Å². The predicted octanol–water partition coefficient (Wildman–Crippen LogP) is 2.25. The molecule has 4 nitrogen and oxygen atoms in total. The first-order valence-electron chi connectivity index (χ1n) is 6.05. The summed E-state index contributed by atoms with van der Waals surface area (Å²) in [6, 6.07) is 0. The molecule has 2 heterocycles. The van der Waals surface area contributed by atoms with Crippen molar-refractivity contribution in [3.8, 4) is 0 Å². The number of carbonyl (C=O) groups excluding carboxylic acids is 1. The fourth-order valence-electron chi connectivity index (χ4n) is 2.44. The molecule has 0 saturated carbocycles. The monoisotopic (exact) mass is 263 g/mol. The molecule has 0 unspecified atom stereocenters. The van der Waals surface area contributed by atoms with Gasteiger partial charge in [0.2, 0.25) is 5.43 Å². The summed E-state index contributed by atoms with van der Waals surface area (Å²) in [5.41, 5.74) is 1.04. The van der Waals surface area contributed by atoms with Crippen molar-refractivity contribution in [1.29, 1.82) is 0 Å². The number of aromatic nitrogens is 1. The number of carbonyl (C=O) groups is 1. The summed E-state index contributed by atoms with van der Waals surface area (Å²) in [6.07, 6.45) is 4.54. The van der Waals surface area contributed by atoms with Gasteiger partial charge in [-0.05, 0) is 31.7 Å². The van der Waals surface area contributed by atoms with E-state index < -0.39 is 5.97 Å². The van der Waals surface area contributed by atoms with Gasteiger partial charge < -0.3 is 9.72 Å². The summed E-state index contributed by atoms with van der Waals surface area (Å²) in [5.74, 6) is -0.543. The highest BCUT2D eigenvalue weighted by atomic mass is 32.1. The van der Waals surface area contributed by atoms with Gasteiger partial charge in [-0.2, -0.15) is 0 Å². The SMILES string of the molecule is CCOC(=O)c1c[nH]c2sc3c(c2c1=O)CCC3. The molecule has 2 aromatic rings. The van der Waals surface area contributed by atoms with Crippen LogP contribution in [0.5, 0.6) is 0 Å². The Morgan fingerprint density at radius 1 is 1.50 bits per heavy atom. The van der Waals surface area contributed by atoms with Gasteiger partial charge in [0.25, 0.3) is 0 Å². The van der Waals surface area contributed by atoms with Gasteiger partial charge in [0.05, 0.1) is 12.0 Å². The van der Waals surface area contributed by atoms with Gasteiger partial charge in [-0.15, -0.1) is 11.3 Å². The average molecular weight is 263 g/mol. The number of thiophene rings is 1. The molecule has 94 valence electrons. The minimum atomic E-state index is -0.543. The lowest BCUT2D eigenvalue weighted by molar-refractivity contribution is 0.0524. The minimum absolute atomic E-state index is 0.108. The molecule has 0 aromatic carbocycles. The smallest absolute Gasteiger partial charge is 0.343 e. The Kier molecular flexibility index (Phi) is 2.70. The van der Waals surface area contributed by atoms with Crippen molar-refractivity contribution in [2.24, 2.45) is 0 Å². The van der Waals surface area contributed by atoms with Gasteiger partial charge in [0.15, 0.2) is 0 Å². The van der Waals surface area contributed by atoms with E-state index in [2.05, 4.69) is 4.98 Å². The number of fused-ring (bicyclic) bond motifs is 3. The number of H-pyrrole nitrogens is 1. The van der Waals surface area contributed by atoms with Crippen molar-refractivity contribution in [2.45, 2.75) is 26.2 Å². The lowest BCUT2D eigenvalue weighted by Crippen LogP contribution is -2.18. The molecular formula is C13H13NO3S. The Morgan fingerprint density at radius 2 is 2.33 bits per heavy atom. The first-order valence-corrected chi connectivity index (χ1v) is 6.87. The summed E-state index contributed by atoms with van der Waals surface area (Å²) in [6.45, 7) is 2.00. The molecule has 5 heteroatoms. The summed E-state index contributed by atoms with van der Waals surface area (Å²) < 4.78 is 4.90. The Hall–Kier alpha value is -1.62. The van der Waals surface area contributed by atoms with Crippen LogP contribution in [0.1, 0.15) is 34.1 Å². The molecule has 2 aromatic heterocycles. The standard InChI is InChI=1S/C13H13NO3S/c1-2-17-13(16)8-6-14-12-10(11(8)15)7-4-3-5-9(7)18-12/h6H,2-5H2,1H3,(H,14,15). The largest absolute Gasteiger partial charge is 0.462 e. The molecule has 1 N–H and O–H groups in total. The number of esters is 1. The lowest BCUT2D eigenvalue weighted by atomic mass is 10.1. The molecule has 0 bridgehead atoms. The van der Waals surface area contributed by atoms with Crippen LogP contribution in [0, 0.1) is 0 Å². The van der Waals surface area contributed by atoms with Crippen LogP contribution in [-0.2, 0) is 17.6 Å². The van der Waals surface area contributed by atoms with E-state index in [9.17, 15) is 9.59 Å². The second kappa shape index (κ2) is 4.24. The molecule has 18 heavy (non-hydrogen) atoms. The fourth-order valence-corrected chi connectivity index (χ4v) is 3.70. The average Bonchev–Trinajstić information content (AvgIpc) is 2.89. The quantitative estimate of drug-likeness (QED) is 0.845. The fraction of sp³-hybridized carbons (Fsp3) is 0.385. The van der Waals surface area contributed by atoms with Crippen LogP contribution in [-0.4, -0.2) is 17.6 Å². The van der Waals surface area contributed by atoms with Crippen LogP contribution in [0.15, 0.2) is 11.0 Å². The normalized spacial score (nSPS) is 13.8.